The summed E-state index contributed by atoms with van der Waals surface area (Å²) < 4.78 is 0. The van der Waals surface area contributed by atoms with Crippen LogP contribution in [-0.2, 0) is 11.3 Å². The van der Waals surface area contributed by atoms with E-state index < -0.39 is 5.72 Å². The summed E-state index contributed by atoms with van der Waals surface area (Å²) in [7, 11) is 0. The van der Waals surface area contributed by atoms with Gasteiger partial charge in [0.1, 0.15) is 0 Å². The Morgan fingerprint density at radius 2 is 1.92 bits per heavy atom. The molecular weight excluding hydrogens is 320 g/mol. The number of nitrogens with zero attached hydrogens (tertiary/aromatic N) is 2. The molecule has 1 heterocycles. The Bertz CT molecular complexity index is 717. The van der Waals surface area contributed by atoms with E-state index in [1.807, 2.05) is 30.3 Å². The van der Waals surface area contributed by atoms with Gasteiger partial charge in [0, 0.05) is 23.6 Å². The summed E-state index contributed by atoms with van der Waals surface area (Å²) in [5, 5.41) is 5.13. The Morgan fingerprint density at radius 1 is 1.12 bits per heavy atom. The highest BCUT2D eigenvalue weighted by molar-refractivity contribution is 6.31. The van der Waals surface area contributed by atoms with Gasteiger partial charge in [0.15, 0.2) is 5.84 Å². The third-order valence-corrected chi connectivity index (χ3v) is 4.58. The van der Waals surface area contributed by atoms with Gasteiger partial charge < -0.3 is 9.74 Å². The van der Waals surface area contributed by atoms with Gasteiger partial charge in [0.05, 0.1) is 0 Å². The summed E-state index contributed by atoms with van der Waals surface area (Å²) >= 11 is 6.16. The van der Waals surface area contributed by atoms with Gasteiger partial charge in [0.25, 0.3) is 0 Å². The minimum absolute atomic E-state index is 0.478. The summed E-state index contributed by atoms with van der Waals surface area (Å²) in [6.45, 7) is 5.21. The van der Waals surface area contributed by atoms with Crippen molar-refractivity contribution in [3.05, 3.63) is 70.7 Å². The lowest BCUT2D eigenvalue weighted by Gasteiger charge is -2.34. The minimum Gasteiger partial charge on any atom is -0.365 e. The van der Waals surface area contributed by atoms with E-state index in [0.717, 1.165) is 37.2 Å². The zero-order valence-corrected chi connectivity index (χ0v) is 15.0. The summed E-state index contributed by atoms with van der Waals surface area (Å²) in [6, 6.07) is 18.2. The summed E-state index contributed by atoms with van der Waals surface area (Å²) in [5.74, 6) is 0.865. The van der Waals surface area contributed by atoms with Gasteiger partial charge in [-0.2, -0.15) is 0 Å². The molecule has 2 aromatic rings. The average molecular weight is 343 g/mol. The summed E-state index contributed by atoms with van der Waals surface area (Å²) in [6.07, 6.45) is 3.00. The molecule has 0 N–H and O–H groups in total. The second kappa shape index (κ2) is 7.27. The Labute approximate surface area is 148 Å². The van der Waals surface area contributed by atoms with E-state index >= 15 is 0 Å². The number of hydrogen-bond donors (Lipinski definition) is 0. The van der Waals surface area contributed by atoms with Gasteiger partial charge in [-0.05, 0) is 31.0 Å². The van der Waals surface area contributed by atoms with E-state index in [9.17, 15) is 0 Å². The Morgan fingerprint density at radius 3 is 2.62 bits per heavy atom. The first-order valence-electron chi connectivity index (χ1n) is 8.46. The molecule has 1 aliphatic rings. The molecule has 0 aliphatic carbocycles. The second-order valence-electron chi connectivity index (χ2n) is 6.36. The van der Waals surface area contributed by atoms with Crippen LogP contribution in [0.1, 0.15) is 37.8 Å². The number of oxime groups is 1. The predicted molar refractivity (Wildman–Crippen MR) is 99.2 cm³/mol. The van der Waals surface area contributed by atoms with Gasteiger partial charge in [-0.15, -0.1) is 0 Å². The van der Waals surface area contributed by atoms with Crippen molar-refractivity contribution in [3.8, 4) is 0 Å². The van der Waals surface area contributed by atoms with Crippen LogP contribution in [0.4, 0.5) is 0 Å². The molecule has 24 heavy (non-hydrogen) atoms. The summed E-state index contributed by atoms with van der Waals surface area (Å²) in [4.78, 5) is 8.20. The van der Waals surface area contributed by atoms with Crippen molar-refractivity contribution >= 4 is 17.4 Å². The number of halogens is 1. The van der Waals surface area contributed by atoms with Crippen molar-refractivity contribution in [2.75, 3.05) is 6.54 Å². The van der Waals surface area contributed by atoms with Crippen LogP contribution in [0.2, 0.25) is 5.02 Å². The minimum atomic E-state index is -0.478. The van der Waals surface area contributed by atoms with Crippen molar-refractivity contribution in [1.29, 1.82) is 0 Å². The smallest absolute Gasteiger partial charge is 0.212 e. The Balaban J connectivity index is 1.88. The van der Waals surface area contributed by atoms with Gasteiger partial charge in [-0.25, -0.2) is 0 Å². The van der Waals surface area contributed by atoms with Crippen LogP contribution in [0.25, 0.3) is 0 Å². The van der Waals surface area contributed by atoms with Crippen LogP contribution < -0.4 is 0 Å². The highest BCUT2D eigenvalue weighted by atomic mass is 35.5. The molecule has 0 fully saturated rings. The van der Waals surface area contributed by atoms with E-state index in [-0.39, 0.29) is 0 Å². The summed E-state index contributed by atoms with van der Waals surface area (Å²) in [5.41, 5.74) is 1.76. The monoisotopic (exact) mass is 342 g/mol. The number of rotatable bonds is 6. The number of amidine groups is 1. The molecule has 1 aliphatic heterocycles. The molecular formula is C20H23ClN2O. The standard InChI is InChI=1S/C20H23ClN2O/c1-3-4-13-23-19(17-11-8-12-18(21)14-17)22-24-20(23,2)15-16-9-6-5-7-10-16/h5-12,14H,3-4,13,15H2,1-2H3. The molecule has 0 amide bonds. The molecule has 0 saturated heterocycles. The van der Waals surface area contributed by atoms with Crippen LogP contribution in [-0.4, -0.2) is 23.0 Å². The zero-order valence-electron chi connectivity index (χ0n) is 14.2. The van der Waals surface area contributed by atoms with E-state index in [4.69, 9.17) is 16.4 Å². The van der Waals surface area contributed by atoms with Crippen molar-refractivity contribution in [2.45, 2.75) is 38.8 Å². The van der Waals surface area contributed by atoms with Crippen molar-refractivity contribution < 1.29 is 4.84 Å². The molecule has 0 radical (unpaired) electrons. The molecule has 1 atom stereocenters. The average Bonchev–Trinajstić information content (AvgIpc) is 2.90. The molecule has 3 rings (SSSR count). The number of hydrogen-bond acceptors (Lipinski definition) is 3. The molecule has 0 saturated carbocycles. The fourth-order valence-corrected chi connectivity index (χ4v) is 3.25. The molecule has 1 unspecified atom stereocenters. The maximum absolute atomic E-state index is 6.16. The van der Waals surface area contributed by atoms with Crippen molar-refractivity contribution in [3.63, 3.8) is 0 Å². The molecule has 0 bridgehead atoms. The largest absolute Gasteiger partial charge is 0.365 e. The van der Waals surface area contributed by atoms with Gasteiger partial charge in [0.2, 0.25) is 5.72 Å². The molecule has 2 aromatic carbocycles. The fourth-order valence-electron chi connectivity index (χ4n) is 3.06. The van der Waals surface area contributed by atoms with Crippen LogP contribution in [0.3, 0.4) is 0 Å². The highest BCUT2D eigenvalue weighted by Crippen LogP contribution is 2.31. The lowest BCUT2D eigenvalue weighted by atomic mass is 10.0. The van der Waals surface area contributed by atoms with E-state index in [1.165, 1.54) is 5.56 Å². The SMILES string of the molecule is CCCCN1C(c2cccc(Cl)c2)=NOC1(C)Cc1ccccc1. The molecule has 4 heteroatoms. The fraction of sp³-hybridized carbons (Fsp3) is 0.350. The third kappa shape index (κ3) is 3.57. The predicted octanol–water partition coefficient (Wildman–Crippen LogP) is 5.09. The van der Waals surface area contributed by atoms with E-state index in [2.05, 4.69) is 48.2 Å². The maximum atomic E-state index is 6.16. The van der Waals surface area contributed by atoms with Crippen LogP contribution >= 0.6 is 11.6 Å². The van der Waals surface area contributed by atoms with Crippen LogP contribution in [0, 0.1) is 0 Å². The Kier molecular flexibility index (Phi) is 5.10. The first-order chi connectivity index (χ1) is 11.6. The topological polar surface area (TPSA) is 24.8 Å². The molecule has 3 nitrogen and oxygen atoms in total. The number of unbranched alkanes of at least 4 members (excludes halogenated alkanes) is 1. The maximum Gasteiger partial charge on any atom is 0.212 e. The van der Waals surface area contributed by atoms with Crippen LogP contribution in [0.5, 0.6) is 0 Å². The van der Waals surface area contributed by atoms with Crippen LogP contribution in [0.15, 0.2) is 59.8 Å². The van der Waals surface area contributed by atoms with Gasteiger partial charge in [-0.1, -0.05) is 72.6 Å². The quantitative estimate of drug-likeness (QED) is 0.730. The van der Waals surface area contributed by atoms with Gasteiger partial charge >= 0.3 is 0 Å². The lowest BCUT2D eigenvalue weighted by molar-refractivity contribution is -0.0833. The third-order valence-electron chi connectivity index (χ3n) is 4.35. The first kappa shape index (κ1) is 16.8. The lowest BCUT2D eigenvalue weighted by Crippen LogP contribution is -2.48. The van der Waals surface area contributed by atoms with Gasteiger partial charge in [-0.3, -0.25) is 0 Å². The van der Waals surface area contributed by atoms with E-state index in [1.54, 1.807) is 0 Å². The molecule has 0 aromatic heterocycles. The normalized spacial score (nSPS) is 20.0. The number of benzene rings is 2. The first-order valence-corrected chi connectivity index (χ1v) is 8.84. The molecule has 0 spiro atoms. The second-order valence-corrected chi connectivity index (χ2v) is 6.80. The molecule has 126 valence electrons. The van der Waals surface area contributed by atoms with E-state index in [0.29, 0.717) is 5.02 Å². The van der Waals surface area contributed by atoms with Crippen molar-refractivity contribution in [1.82, 2.24) is 4.90 Å². The highest BCUT2D eigenvalue weighted by Gasteiger charge is 2.42. The van der Waals surface area contributed by atoms with Crippen molar-refractivity contribution in [2.24, 2.45) is 5.16 Å². The zero-order chi connectivity index (χ0) is 17.0. The Hall–Kier alpha value is -2.00.